The molecule has 2 rings (SSSR count). The summed E-state index contributed by atoms with van der Waals surface area (Å²) >= 11 is 0. The van der Waals surface area contributed by atoms with Crippen molar-refractivity contribution in [3.05, 3.63) is 24.3 Å². The van der Waals surface area contributed by atoms with Crippen LogP contribution in [0.1, 0.15) is 19.8 Å². The molecule has 2 atom stereocenters. The molecule has 0 aliphatic carbocycles. The number of benzene rings is 1. The van der Waals surface area contributed by atoms with Gasteiger partial charge in [-0.05, 0) is 44.0 Å². The molecule has 0 radical (unpaired) electrons. The van der Waals surface area contributed by atoms with E-state index in [1.807, 2.05) is 0 Å². The normalized spacial score (nSPS) is 17.3. The first kappa shape index (κ1) is 21.3. The molecule has 1 saturated heterocycles. The number of likely N-dealkylation sites (N-methyl/N-ethyl adjacent to an activating group) is 2. The summed E-state index contributed by atoms with van der Waals surface area (Å²) in [4.78, 5) is 26.7. The Labute approximate surface area is 161 Å². The van der Waals surface area contributed by atoms with Gasteiger partial charge in [-0.3, -0.25) is 9.59 Å². The highest BCUT2D eigenvalue weighted by molar-refractivity contribution is 7.89. The molecule has 8 nitrogen and oxygen atoms in total. The first-order chi connectivity index (χ1) is 12.6. The Balaban J connectivity index is 1.99. The number of nitrogens with zero attached hydrogens (tertiary/aromatic N) is 2. The summed E-state index contributed by atoms with van der Waals surface area (Å²) in [6.45, 7) is 3.08. The zero-order chi connectivity index (χ0) is 20.2. The zero-order valence-electron chi connectivity index (χ0n) is 16.4. The van der Waals surface area contributed by atoms with Gasteiger partial charge in [-0.2, -0.15) is 4.31 Å². The summed E-state index contributed by atoms with van der Waals surface area (Å²) in [5.74, 6) is -0.280. The molecule has 27 heavy (non-hydrogen) atoms. The van der Waals surface area contributed by atoms with Crippen LogP contribution >= 0.6 is 0 Å². The second-order valence-electron chi connectivity index (χ2n) is 7.16. The van der Waals surface area contributed by atoms with Crippen LogP contribution < -0.4 is 10.2 Å². The Kier molecular flexibility index (Phi) is 6.96. The lowest BCUT2D eigenvalue weighted by atomic mass is 10.2. The summed E-state index contributed by atoms with van der Waals surface area (Å²) in [5.41, 5.74) is 0.527. The average molecular weight is 398 g/mol. The van der Waals surface area contributed by atoms with Crippen molar-refractivity contribution in [2.75, 3.05) is 46.1 Å². The highest BCUT2D eigenvalue weighted by Crippen LogP contribution is 2.22. The van der Waals surface area contributed by atoms with Crippen LogP contribution in [0.15, 0.2) is 29.2 Å². The van der Waals surface area contributed by atoms with E-state index in [4.69, 9.17) is 0 Å². The number of carbonyl (C=O) groups excluding carboxylic acids is 2. The van der Waals surface area contributed by atoms with E-state index in [2.05, 4.69) is 5.32 Å². The number of hydrogen-bond donors (Lipinski definition) is 2. The summed E-state index contributed by atoms with van der Waals surface area (Å²) in [6, 6.07) is 5.78. The molecule has 150 valence electrons. The summed E-state index contributed by atoms with van der Waals surface area (Å²) in [5, 5.41) is 2.78. The predicted molar refractivity (Wildman–Crippen MR) is 103 cm³/mol. The van der Waals surface area contributed by atoms with Crippen LogP contribution in [0.25, 0.3) is 0 Å². The Hall–Kier alpha value is -1.97. The molecule has 0 bridgehead atoms. The van der Waals surface area contributed by atoms with Gasteiger partial charge in [-0.15, -0.1) is 0 Å². The molecule has 1 unspecified atom stereocenters. The Morgan fingerprint density at radius 3 is 2.26 bits per heavy atom. The first-order valence-electron chi connectivity index (χ1n) is 9.06. The van der Waals surface area contributed by atoms with Crippen molar-refractivity contribution in [3.63, 3.8) is 0 Å². The molecule has 9 heteroatoms. The first-order valence-corrected chi connectivity index (χ1v) is 10.5. The average Bonchev–Trinajstić information content (AvgIpc) is 3.16. The minimum absolute atomic E-state index is 0.0522. The number of hydrogen-bond acceptors (Lipinski definition) is 4. The van der Waals surface area contributed by atoms with Crippen LogP contribution in [0.2, 0.25) is 0 Å². The second-order valence-corrected chi connectivity index (χ2v) is 9.10. The van der Waals surface area contributed by atoms with Crippen LogP contribution in [0.3, 0.4) is 0 Å². The van der Waals surface area contributed by atoms with Gasteiger partial charge in [0.25, 0.3) is 11.8 Å². The Morgan fingerprint density at radius 2 is 1.74 bits per heavy atom. The van der Waals surface area contributed by atoms with Crippen molar-refractivity contribution in [3.8, 4) is 0 Å². The molecule has 1 heterocycles. The highest BCUT2D eigenvalue weighted by atomic mass is 32.2. The fourth-order valence-corrected chi connectivity index (χ4v) is 4.33. The summed E-state index contributed by atoms with van der Waals surface area (Å²) in [7, 11) is 1.69. The van der Waals surface area contributed by atoms with Crippen LogP contribution in [-0.2, 0) is 19.6 Å². The third-order valence-corrected chi connectivity index (χ3v) is 6.80. The number of anilines is 1. The lowest BCUT2D eigenvalue weighted by Gasteiger charge is -2.22. The molecule has 0 spiro atoms. The molecule has 1 aliphatic heterocycles. The van der Waals surface area contributed by atoms with Gasteiger partial charge < -0.3 is 15.1 Å². The van der Waals surface area contributed by atoms with E-state index in [1.54, 1.807) is 40.2 Å². The number of rotatable bonds is 7. The van der Waals surface area contributed by atoms with E-state index in [0.29, 0.717) is 18.8 Å². The molecule has 1 aromatic carbocycles. The van der Waals surface area contributed by atoms with Gasteiger partial charge >= 0.3 is 0 Å². The van der Waals surface area contributed by atoms with Crippen LogP contribution in [-0.4, -0.2) is 76.3 Å². The molecule has 0 saturated carbocycles. The molecule has 1 fully saturated rings. The Bertz CT molecular complexity index is 771. The molecular weight excluding hydrogens is 368 g/mol. The predicted octanol–water partition coefficient (Wildman–Crippen LogP) is -0.599. The molecule has 1 aromatic rings. The number of amides is 2. The quantitative estimate of drug-likeness (QED) is 0.643. The van der Waals surface area contributed by atoms with E-state index >= 15 is 0 Å². The van der Waals surface area contributed by atoms with E-state index < -0.39 is 16.1 Å². The van der Waals surface area contributed by atoms with Crippen molar-refractivity contribution in [1.29, 1.82) is 0 Å². The fourth-order valence-electron chi connectivity index (χ4n) is 2.81. The monoisotopic (exact) mass is 397 g/mol. The lowest BCUT2D eigenvalue weighted by molar-refractivity contribution is -0.886. The largest absolute Gasteiger partial charge is 0.344 e. The van der Waals surface area contributed by atoms with Crippen molar-refractivity contribution in [2.24, 2.45) is 0 Å². The van der Waals surface area contributed by atoms with Gasteiger partial charge in [0, 0.05) is 32.9 Å². The van der Waals surface area contributed by atoms with Crippen molar-refractivity contribution in [1.82, 2.24) is 9.21 Å². The van der Waals surface area contributed by atoms with Crippen LogP contribution in [0.4, 0.5) is 5.69 Å². The molecule has 0 aromatic heterocycles. The van der Waals surface area contributed by atoms with Crippen molar-refractivity contribution >= 4 is 27.5 Å². The maximum Gasteiger partial charge on any atom is 0.282 e. The van der Waals surface area contributed by atoms with Crippen molar-refractivity contribution < 1.29 is 22.9 Å². The minimum Gasteiger partial charge on any atom is -0.344 e. The maximum absolute atomic E-state index is 12.5. The van der Waals surface area contributed by atoms with Gasteiger partial charge in [0.2, 0.25) is 10.0 Å². The topological polar surface area (TPSA) is 91.2 Å². The minimum atomic E-state index is -3.46. The number of sulfonamides is 1. The van der Waals surface area contributed by atoms with Crippen molar-refractivity contribution in [2.45, 2.75) is 30.7 Å². The van der Waals surface area contributed by atoms with Crippen LogP contribution in [0.5, 0.6) is 0 Å². The number of carbonyl (C=O) groups is 2. The molecular formula is C18H29N4O4S+. The van der Waals surface area contributed by atoms with Gasteiger partial charge in [0.05, 0.1) is 11.9 Å². The molecule has 2 amide bonds. The Morgan fingerprint density at radius 1 is 1.19 bits per heavy atom. The molecule has 1 aliphatic rings. The molecule has 2 N–H and O–H groups in total. The smallest absolute Gasteiger partial charge is 0.282 e. The van der Waals surface area contributed by atoms with E-state index in [0.717, 1.165) is 17.7 Å². The zero-order valence-corrected chi connectivity index (χ0v) is 17.2. The van der Waals surface area contributed by atoms with E-state index in [9.17, 15) is 18.0 Å². The van der Waals surface area contributed by atoms with E-state index in [1.165, 1.54) is 21.3 Å². The van der Waals surface area contributed by atoms with Gasteiger partial charge in [0.1, 0.15) is 0 Å². The lowest BCUT2D eigenvalue weighted by Crippen LogP contribution is -3.15. The van der Waals surface area contributed by atoms with Gasteiger partial charge in [0.15, 0.2) is 12.6 Å². The van der Waals surface area contributed by atoms with Crippen LogP contribution in [0, 0.1) is 0 Å². The standard InChI is InChI=1S/C18H28N4O4S/c1-14(21(4)13-17(23)20(2)3)18(24)19-15-7-9-16(10-8-15)27(25,26)22-11-5-6-12-22/h7-10,14H,5-6,11-13H2,1-4H3,(H,19,24)/p+1/t14-/m1/s1. The van der Waals surface area contributed by atoms with Gasteiger partial charge in [-0.25, -0.2) is 8.42 Å². The second kappa shape index (κ2) is 8.81. The summed E-state index contributed by atoms with van der Waals surface area (Å²) < 4.78 is 26.5. The fraction of sp³-hybridized carbons (Fsp3) is 0.556. The SMILES string of the molecule is C[C@H](C(=O)Nc1ccc(S(=O)(=O)N2CCCC2)cc1)[NH+](C)CC(=O)N(C)C. The number of nitrogens with one attached hydrogen (secondary N) is 2. The van der Waals surface area contributed by atoms with Gasteiger partial charge in [-0.1, -0.05) is 0 Å². The number of quaternary nitrogens is 1. The third kappa shape index (κ3) is 5.27. The summed E-state index contributed by atoms with van der Waals surface area (Å²) in [6.07, 6.45) is 1.77. The highest BCUT2D eigenvalue weighted by Gasteiger charge is 2.27. The maximum atomic E-state index is 12.5. The van der Waals surface area contributed by atoms with E-state index in [-0.39, 0.29) is 23.3 Å². The third-order valence-electron chi connectivity index (χ3n) is 4.89.